The van der Waals surface area contributed by atoms with Gasteiger partial charge in [-0.25, -0.2) is 9.59 Å². The Balaban J connectivity index is 1.81. The van der Waals surface area contributed by atoms with Crippen LogP contribution in [0.1, 0.15) is 37.5 Å². The average Bonchev–Trinajstić information content (AvgIpc) is 2.65. The molecule has 0 bridgehead atoms. The molecule has 0 N–H and O–H groups in total. The summed E-state index contributed by atoms with van der Waals surface area (Å²) in [6, 6.07) is 13.3. The minimum absolute atomic E-state index is 0.167. The van der Waals surface area contributed by atoms with Gasteiger partial charge in [0, 0.05) is 13.8 Å². The molecule has 0 atom stereocenters. The largest absolute Gasteiger partial charge is 0.490 e. The standard InChI is InChI=1S/C23H24O6/c1-5-26-20-13-17(12-18-21(24)28-23(3,4)29-22(18)25)10-11-19(20)27-14-16-8-6-15(2)7-9-16/h6-13H,5,14H2,1-4H3. The molecule has 3 rings (SSSR count). The first-order valence-corrected chi connectivity index (χ1v) is 9.41. The van der Waals surface area contributed by atoms with Gasteiger partial charge in [0.1, 0.15) is 12.2 Å². The van der Waals surface area contributed by atoms with E-state index in [4.69, 9.17) is 18.9 Å². The lowest BCUT2D eigenvalue weighted by Gasteiger charge is -2.29. The minimum atomic E-state index is -1.27. The molecule has 0 spiro atoms. The van der Waals surface area contributed by atoms with Crippen molar-refractivity contribution < 1.29 is 28.5 Å². The second-order valence-corrected chi connectivity index (χ2v) is 7.15. The highest BCUT2D eigenvalue weighted by Crippen LogP contribution is 2.31. The van der Waals surface area contributed by atoms with Crippen molar-refractivity contribution in [3.63, 3.8) is 0 Å². The van der Waals surface area contributed by atoms with E-state index >= 15 is 0 Å². The maximum Gasteiger partial charge on any atom is 0.348 e. The molecular formula is C23H24O6. The Morgan fingerprint density at radius 3 is 2.21 bits per heavy atom. The number of aryl methyl sites for hydroxylation is 1. The van der Waals surface area contributed by atoms with Crippen LogP contribution in [-0.4, -0.2) is 24.3 Å². The monoisotopic (exact) mass is 396 g/mol. The van der Waals surface area contributed by atoms with Crippen LogP contribution >= 0.6 is 0 Å². The van der Waals surface area contributed by atoms with Gasteiger partial charge < -0.3 is 18.9 Å². The van der Waals surface area contributed by atoms with Crippen LogP contribution in [-0.2, 0) is 25.7 Å². The lowest BCUT2D eigenvalue weighted by molar-refractivity contribution is -0.222. The molecule has 1 fully saturated rings. The topological polar surface area (TPSA) is 71.1 Å². The molecule has 0 aromatic heterocycles. The highest BCUT2D eigenvalue weighted by atomic mass is 16.7. The second kappa shape index (κ2) is 8.39. The van der Waals surface area contributed by atoms with Gasteiger partial charge in [-0.15, -0.1) is 0 Å². The Kier molecular flexibility index (Phi) is 5.92. The van der Waals surface area contributed by atoms with Gasteiger partial charge in [-0.05, 0) is 43.2 Å². The summed E-state index contributed by atoms with van der Waals surface area (Å²) in [6.45, 7) is 7.75. The van der Waals surface area contributed by atoms with E-state index in [2.05, 4.69) is 0 Å². The summed E-state index contributed by atoms with van der Waals surface area (Å²) >= 11 is 0. The quantitative estimate of drug-likeness (QED) is 0.414. The summed E-state index contributed by atoms with van der Waals surface area (Å²) in [7, 11) is 0. The zero-order valence-electron chi connectivity index (χ0n) is 17.0. The van der Waals surface area contributed by atoms with E-state index in [1.807, 2.05) is 38.1 Å². The summed E-state index contributed by atoms with van der Waals surface area (Å²) in [4.78, 5) is 24.3. The normalized spacial score (nSPS) is 15.4. The number of benzene rings is 2. The van der Waals surface area contributed by atoms with Crippen LogP contribution in [0.5, 0.6) is 11.5 Å². The molecule has 0 unspecified atom stereocenters. The minimum Gasteiger partial charge on any atom is -0.490 e. The molecule has 0 radical (unpaired) electrons. The first-order valence-electron chi connectivity index (χ1n) is 9.41. The number of esters is 2. The molecule has 1 aliphatic rings. The highest BCUT2D eigenvalue weighted by molar-refractivity contribution is 6.18. The summed E-state index contributed by atoms with van der Waals surface area (Å²) in [6.07, 6.45) is 1.42. The van der Waals surface area contributed by atoms with Crippen molar-refractivity contribution in [1.82, 2.24) is 0 Å². The first-order chi connectivity index (χ1) is 13.8. The average molecular weight is 396 g/mol. The van der Waals surface area contributed by atoms with E-state index in [9.17, 15) is 9.59 Å². The van der Waals surface area contributed by atoms with E-state index in [-0.39, 0.29) is 5.57 Å². The van der Waals surface area contributed by atoms with Crippen molar-refractivity contribution >= 4 is 18.0 Å². The van der Waals surface area contributed by atoms with Crippen LogP contribution < -0.4 is 9.47 Å². The van der Waals surface area contributed by atoms with Gasteiger partial charge in [0.25, 0.3) is 5.79 Å². The lowest BCUT2D eigenvalue weighted by Crippen LogP contribution is -2.41. The Labute approximate surface area is 170 Å². The molecule has 1 aliphatic heterocycles. The maximum absolute atomic E-state index is 12.1. The third kappa shape index (κ3) is 5.16. The Hall–Kier alpha value is -3.28. The van der Waals surface area contributed by atoms with Crippen LogP contribution in [0.2, 0.25) is 0 Å². The predicted molar refractivity (Wildman–Crippen MR) is 107 cm³/mol. The van der Waals surface area contributed by atoms with Gasteiger partial charge in [-0.2, -0.15) is 0 Å². The van der Waals surface area contributed by atoms with Gasteiger partial charge in [0.15, 0.2) is 11.5 Å². The summed E-state index contributed by atoms with van der Waals surface area (Å²) < 4.78 is 21.8. The molecule has 1 heterocycles. The molecule has 1 saturated heterocycles. The van der Waals surface area contributed by atoms with Crippen molar-refractivity contribution in [3.05, 3.63) is 64.7 Å². The van der Waals surface area contributed by atoms with Gasteiger partial charge >= 0.3 is 11.9 Å². The van der Waals surface area contributed by atoms with Crippen molar-refractivity contribution in [1.29, 1.82) is 0 Å². The number of hydrogen-bond donors (Lipinski definition) is 0. The van der Waals surface area contributed by atoms with Gasteiger partial charge in [-0.3, -0.25) is 0 Å². The highest BCUT2D eigenvalue weighted by Gasteiger charge is 2.38. The predicted octanol–water partition coefficient (Wildman–Crippen LogP) is 4.19. The molecule has 2 aromatic carbocycles. The SMILES string of the molecule is CCOc1cc(C=C2C(=O)OC(C)(C)OC2=O)ccc1OCc1ccc(C)cc1. The zero-order valence-corrected chi connectivity index (χ0v) is 17.0. The maximum atomic E-state index is 12.1. The second-order valence-electron chi connectivity index (χ2n) is 7.15. The number of rotatable bonds is 6. The molecule has 29 heavy (non-hydrogen) atoms. The smallest absolute Gasteiger partial charge is 0.348 e. The van der Waals surface area contributed by atoms with E-state index < -0.39 is 17.7 Å². The van der Waals surface area contributed by atoms with Crippen molar-refractivity contribution in [2.45, 2.75) is 40.1 Å². The Morgan fingerprint density at radius 1 is 0.931 bits per heavy atom. The number of cyclic esters (lactones) is 2. The van der Waals surface area contributed by atoms with E-state index in [0.717, 1.165) is 5.56 Å². The number of carbonyl (C=O) groups excluding carboxylic acids is 2. The molecule has 0 amide bonds. The fourth-order valence-electron chi connectivity index (χ4n) is 2.79. The fourth-order valence-corrected chi connectivity index (χ4v) is 2.79. The van der Waals surface area contributed by atoms with Crippen LogP contribution in [0.25, 0.3) is 6.08 Å². The Bertz CT molecular complexity index is 918. The summed E-state index contributed by atoms with van der Waals surface area (Å²) in [5.74, 6) is -1.61. The van der Waals surface area contributed by atoms with E-state index in [1.165, 1.54) is 25.5 Å². The summed E-state index contributed by atoms with van der Waals surface area (Å²) in [5.41, 5.74) is 2.66. The van der Waals surface area contributed by atoms with Gasteiger partial charge in [0.2, 0.25) is 0 Å². The summed E-state index contributed by atoms with van der Waals surface area (Å²) in [5, 5.41) is 0. The van der Waals surface area contributed by atoms with Crippen LogP contribution in [0.3, 0.4) is 0 Å². The zero-order chi connectivity index (χ0) is 21.0. The van der Waals surface area contributed by atoms with Crippen molar-refractivity contribution in [3.8, 4) is 11.5 Å². The van der Waals surface area contributed by atoms with Crippen LogP contribution in [0.4, 0.5) is 0 Å². The number of ether oxygens (including phenoxy) is 4. The Morgan fingerprint density at radius 2 is 1.59 bits per heavy atom. The molecule has 152 valence electrons. The molecule has 6 heteroatoms. The van der Waals surface area contributed by atoms with Gasteiger partial charge in [0.05, 0.1) is 6.61 Å². The number of hydrogen-bond acceptors (Lipinski definition) is 6. The lowest BCUT2D eigenvalue weighted by atomic mass is 10.1. The third-order valence-electron chi connectivity index (χ3n) is 4.21. The molecule has 2 aromatic rings. The van der Waals surface area contributed by atoms with E-state index in [1.54, 1.807) is 18.2 Å². The van der Waals surface area contributed by atoms with Crippen molar-refractivity contribution in [2.75, 3.05) is 6.61 Å². The molecule has 0 aliphatic carbocycles. The molecule has 6 nitrogen and oxygen atoms in total. The van der Waals surface area contributed by atoms with Crippen molar-refractivity contribution in [2.24, 2.45) is 0 Å². The molecular weight excluding hydrogens is 372 g/mol. The molecule has 0 saturated carbocycles. The van der Waals surface area contributed by atoms with Crippen LogP contribution in [0.15, 0.2) is 48.0 Å². The third-order valence-corrected chi connectivity index (χ3v) is 4.21. The van der Waals surface area contributed by atoms with Crippen LogP contribution in [0, 0.1) is 6.92 Å². The number of carbonyl (C=O) groups is 2. The first kappa shape index (κ1) is 20.5. The van der Waals surface area contributed by atoms with Gasteiger partial charge in [-0.1, -0.05) is 35.9 Å². The fraction of sp³-hybridized carbons (Fsp3) is 0.304. The van der Waals surface area contributed by atoms with E-state index in [0.29, 0.717) is 30.3 Å².